The topological polar surface area (TPSA) is 84.9 Å². The van der Waals surface area contributed by atoms with Crippen molar-refractivity contribution in [3.8, 4) is 17.3 Å². The van der Waals surface area contributed by atoms with E-state index in [2.05, 4.69) is 20.6 Å². The van der Waals surface area contributed by atoms with Gasteiger partial charge in [0.1, 0.15) is 29.2 Å². The van der Waals surface area contributed by atoms with E-state index in [1.807, 2.05) is 6.20 Å². The molecule has 7 nitrogen and oxygen atoms in total. The van der Waals surface area contributed by atoms with Crippen molar-refractivity contribution >= 4 is 22.4 Å². The zero-order chi connectivity index (χ0) is 23.8. The van der Waals surface area contributed by atoms with Crippen LogP contribution in [0.2, 0.25) is 0 Å². The third-order valence-electron chi connectivity index (χ3n) is 6.42. The summed E-state index contributed by atoms with van der Waals surface area (Å²) in [7, 11) is 0. The van der Waals surface area contributed by atoms with Crippen LogP contribution < -0.4 is 15.4 Å². The first-order chi connectivity index (χ1) is 17.2. The molecule has 2 aliphatic rings. The number of halogens is 2. The van der Waals surface area contributed by atoms with Gasteiger partial charge in [-0.2, -0.15) is 4.98 Å². The number of aromatic nitrogens is 4. The van der Waals surface area contributed by atoms with E-state index in [4.69, 9.17) is 14.7 Å². The van der Waals surface area contributed by atoms with Crippen molar-refractivity contribution in [2.45, 2.75) is 37.7 Å². The Bertz CT molecular complexity index is 1370. The summed E-state index contributed by atoms with van der Waals surface area (Å²) in [5.41, 5.74) is 2.23. The molecule has 0 amide bonds. The third kappa shape index (κ3) is 4.51. The number of hydrogen-bond acceptors (Lipinski definition) is 7. The maximum atomic E-state index is 14.1. The quantitative estimate of drug-likeness (QED) is 0.401. The summed E-state index contributed by atoms with van der Waals surface area (Å²) in [4.78, 5) is 18.3. The number of nitrogens with zero attached hydrogens (tertiary/aromatic N) is 4. The van der Waals surface area contributed by atoms with Crippen LogP contribution in [0.25, 0.3) is 22.3 Å². The molecule has 0 radical (unpaired) electrons. The second-order valence-corrected chi connectivity index (χ2v) is 8.97. The fourth-order valence-corrected chi connectivity index (χ4v) is 4.45. The number of hydrogen-bond donors (Lipinski definition) is 2. The molecule has 0 bridgehead atoms. The molecular formula is C26H24F2N6O. The summed E-state index contributed by atoms with van der Waals surface area (Å²) in [5, 5.41) is 7.01. The van der Waals surface area contributed by atoms with Gasteiger partial charge in [0, 0.05) is 18.0 Å². The van der Waals surface area contributed by atoms with Crippen LogP contribution >= 0.6 is 0 Å². The van der Waals surface area contributed by atoms with E-state index < -0.39 is 11.6 Å². The zero-order valence-electron chi connectivity index (χ0n) is 19.0. The molecule has 3 aromatic heterocycles. The standard InChI is InChI=1S/C26H24F2N6O/c27-19-2-1-3-20(28)24(19)33-22-12-16(6-11-31-22)25-32-21-14-30-13-18(15-4-5-15)23(21)26(34-25)35-17-7-9-29-10-8-17/h1-3,6,11-15,17,29H,4-5,7-10H2,(H,31,33). The second-order valence-electron chi connectivity index (χ2n) is 8.97. The van der Waals surface area contributed by atoms with Gasteiger partial charge < -0.3 is 15.4 Å². The number of piperidine rings is 1. The Hall–Kier alpha value is -3.72. The highest BCUT2D eigenvalue weighted by Crippen LogP contribution is 2.45. The number of rotatable bonds is 6. The van der Waals surface area contributed by atoms with Gasteiger partial charge in [-0.25, -0.2) is 18.7 Å². The average Bonchev–Trinajstić information content (AvgIpc) is 3.72. The molecule has 4 heterocycles. The van der Waals surface area contributed by atoms with Gasteiger partial charge in [0.2, 0.25) is 5.88 Å². The molecule has 2 fully saturated rings. The highest BCUT2D eigenvalue weighted by Gasteiger charge is 2.29. The monoisotopic (exact) mass is 474 g/mol. The Balaban J connectivity index is 1.41. The van der Waals surface area contributed by atoms with Crippen LogP contribution in [0.4, 0.5) is 20.3 Å². The lowest BCUT2D eigenvalue weighted by molar-refractivity contribution is 0.158. The fraction of sp³-hybridized carbons (Fsp3) is 0.308. The van der Waals surface area contributed by atoms with Gasteiger partial charge in [0.05, 0.1) is 17.1 Å². The lowest BCUT2D eigenvalue weighted by atomic mass is 10.1. The minimum atomic E-state index is -0.699. The SMILES string of the molecule is Fc1cccc(F)c1Nc1cc(-c2nc(OC3CCNCC3)c3c(C4CC4)cncc3n2)ccn1. The number of para-hydroxylation sites is 1. The van der Waals surface area contributed by atoms with Crippen molar-refractivity contribution in [3.63, 3.8) is 0 Å². The van der Waals surface area contributed by atoms with Crippen LogP contribution in [0, 0.1) is 11.6 Å². The molecule has 35 heavy (non-hydrogen) atoms. The number of anilines is 2. The Morgan fingerprint density at radius 2 is 1.77 bits per heavy atom. The van der Waals surface area contributed by atoms with Gasteiger partial charge in [-0.1, -0.05) is 6.07 Å². The molecule has 1 saturated heterocycles. The highest BCUT2D eigenvalue weighted by atomic mass is 19.1. The van der Waals surface area contributed by atoms with Crippen LogP contribution in [0.5, 0.6) is 5.88 Å². The normalized spacial score (nSPS) is 16.4. The maximum absolute atomic E-state index is 14.1. The number of fused-ring (bicyclic) bond motifs is 1. The van der Waals surface area contributed by atoms with Crippen molar-refractivity contribution in [2.75, 3.05) is 18.4 Å². The molecule has 1 aromatic carbocycles. The molecular weight excluding hydrogens is 450 g/mol. The molecule has 178 valence electrons. The van der Waals surface area contributed by atoms with E-state index >= 15 is 0 Å². The Morgan fingerprint density at radius 3 is 2.54 bits per heavy atom. The highest BCUT2D eigenvalue weighted by molar-refractivity contribution is 5.88. The van der Waals surface area contributed by atoms with Crippen LogP contribution in [-0.2, 0) is 0 Å². The van der Waals surface area contributed by atoms with E-state index in [0.29, 0.717) is 23.2 Å². The second kappa shape index (κ2) is 9.14. The van der Waals surface area contributed by atoms with Gasteiger partial charge in [-0.3, -0.25) is 4.98 Å². The minimum absolute atomic E-state index is 0.0705. The lowest BCUT2D eigenvalue weighted by Gasteiger charge is -2.24. The molecule has 0 spiro atoms. The summed E-state index contributed by atoms with van der Waals surface area (Å²) < 4.78 is 34.7. The first-order valence-electron chi connectivity index (χ1n) is 11.9. The summed E-state index contributed by atoms with van der Waals surface area (Å²) in [5.74, 6) is 0.346. The van der Waals surface area contributed by atoms with Crippen LogP contribution in [0.3, 0.4) is 0 Å². The summed E-state index contributed by atoms with van der Waals surface area (Å²) in [6.07, 6.45) is 9.32. The van der Waals surface area contributed by atoms with Crippen molar-refractivity contribution in [1.82, 2.24) is 25.3 Å². The fourth-order valence-electron chi connectivity index (χ4n) is 4.45. The zero-order valence-corrected chi connectivity index (χ0v) is 19.0. The van der Waals surface area contributed by atoms with Gasteiger partial charge in [-0.15, -0.1) is 0 Å². The van der Waals surface area contributed by atoms with Crippen molar-refractivity contribution < 1.29 is 13.5 Å². The third-order valence-corrected chi connectivity index (χ3v) is 6.42. The van der Waals surface area contributed by atoms with Gasteiger partial charge >= 0.3 is 0 Å². The molecule has 1 aliphatic carbocycles. The smallest absolute Gasteiger partial charge is 0.225 e. The number of nitrogens with one attached hydrogen (secondary N) is 2. The van der Waals surface area contributed by atoms with Crippen molar-refractivity contribution in [1.29, 1.82) is 0 Å². The van der Waals surface area contributed by atoms with E-state index in [-0.39, 0.29) is 17.6 Å². The average molecular weight is 475 g/mol. The molecule has 1 aliphatic heterocycles. The number of benzene rings is 1. The lowest BCUT2D eigenvalue weighted by Crippen LogP contribution is -2.34. The molecule has 6 rings (SSSR count). The van der Waals surface area contributed by atoms with Gasteiger partial charge in [-0.05, 0) is 74.5 Å². The number of pyridine rings is 2. The van der Waals surface area contributed by atoms with Gasteiger partial charge in [0.25, 0.3) is 0 Å². The van der Waals surface area contributed by atoms with E-state index in [9.17, 15) is 8.78 Å². The Morgan fingerprint density at radius 1 is 0.971 bits per heavy atom. The molecule has 0 atom stereocenters. The van der Waals surface area contributed by atoms with E-state index in [0.717, 1.165) is 55.2 Å². The van der Waals surface area contributed by atoms with Crippen LogP contribution in [0.1, 0.15) is 37.2 Å². The van der Waals surface area contributed by atoms with Gasteiger partial charge in [0.15, 0.2) is 5.82 Å². The molecule has 4 aromatic rings. The molecule has 2 N–H and O–H groups in total. The molecule has 0 unspecified atom stereocenters. The Labute approximate surface area is 201 Å². The summed E-state index contributed by atoms with van der Waals surface area (Å²) >= 11 is 0. The molecule has 1 saturated carbocycles. The Kier molecular flexibility index (Phi) is 5.69. The van der Waals surface area contributed by atoms with Crippen LogP contribution in [-0.4, -0.2) is 39.1 Å². The maximum Gasteiger partial charge on any atom is 0.225 e. The minimum Gasteiger partial charge on any atom is -0.474 e. The largest absolute Gasteiger partial charge is 0.474 e. The van der Waals surface area contributed by atoms with Crippen molar-refractivity contribution in [2.24, 2.45) is 0 Å². The summed E-state index contributed by atoms with van der Waals surface area (Å²) in [6.45, 7) is 1.81. The number of ether oxygens (including phenoxy) is 1. The van der Waals surface area contributed by atoms with E-state index in [1.165, 1.54) is 18.2 Å². The predicted molar refractivity (Wildman–Crippen MR) is 129 cm³/mol. The van der Waals surface area contributed by atoms with Crippen LogP contribution in [0.15, 0.2) is 48.9 Å². The first kappa shape index (κ1) is 21.8. The predicted octanol–water partition coefficient (Wildman–Crippen LogP) is 5.12. The first-order valence-corrected chi connectivity index (χ1v) is 11.9. The van der Waals surface area contributed by atoms with Crippen molar-refractivity contribution in [3.05, 3.63) is 66.1 Å². The molecule has 9 heteroatoms. The summed E-state index contributed by atoms with van der Waals surface area (Å²) in [6, 6.07) is 7.12. The van der Waals surface area contributed by atoms with E-state index in [1.54, 1.807) is 24.5 Å².